The Kier molecular flexibility index (Phi) is 14.7. The van der Waals surface area contributed by atoms with E-state index in [4.69, 9.17) is 32.7 Å². The molecule has 58 heavy (non-hydrogen) atoms. The molecular formula is C41H43Cl2F3N4O7S. The number of nitrogens with zero attached hydrogens (tertiary/aromatic N) is 3. The number of carbonyl (C=O) groups is 2. The van der Waals surface area contributed by atoms with Gasteiger partial charge in [-0.15, -0.1) is 0 Å². The maximum absolute atomic E-state index is 13.2. The van der Waals surface area contributed by atoms with E-state index in [0.29, 0.717) is 59.8 Å². The monoisotopic (exact) mass is 862 g/mol. The summed E-state index contributed by atoms with van der Waals surface area (Å²) in [6.45, 7) is 12.7. The second kappa shape index (κ2) is 19.3. The first-order chi connectivity index (χ1) is 27.5. The number of ether oxygens (including phenoxy) is 2. The Labute approximate surface area is 346 Å². The van der Waals surface area contributed by atoms with Crippen LogP contribution in [0.15, 0.2) is 79.4 Å². The lowest BCUT2D eigenvalue weighted by atomic mass is 9.99. The molecule has 0 unspecified atom stereocenters. The topological polar surface area (TPSA) is 118 Å². The van der Waals surface area contributed by atoms with Crippen LogP contribution < -0.4 is 24.2 Å². The maximum atomic E-state index is 13.2. The molecule has 0 radical (unpaired) electrons. The summed E-state index contributed by atoms with van der Waals surface area (Å²) in [6, 6.07) is 20.5. The van der Waals surface area contributed by atoms with Crippen molar-refractivity contribution in [1.29, 1.82) is 0 Å². The van der Waals surface area contributed by atoms with Crippen molar-refractivity contribution >= 4 is 68.3 Å². The number of hydrogen-bond acceptors (Lipinski definition) is 9. The SMILES string of the molecule is C=Cc1cc(N2CCOCC2)cc(C)c1C(=O)NCc1ccc(Cl)cc1.Cc1cc(N2CCOCC2)cc(OS(=O)(=O)C(F)(F)F)c1C(=O)N(C)c1ccc(Cl)cc1. The predicted molar refractivity (Wildman–Crippen MR) is 221 cm³/mol. The van der Waals surface area contributed by atoms with Gasteiger partial charge in [-0.25, -0.2) is 0 Å². The van der Waals surface area contributed by atoms with E-state index in [0.717, 1.165) is 54.7 Å². The van der Waals surface area contributed by atoms with Crippen molar-refractivity contribution < 1.29 is 44.8 Å². The summed E-state index contributed by atoms with van der Waals surface area (Å²) in [5.74, 6) is -1.54. The van der Waals surface area contributed by atoms with Gasteiger partial charge in [0.25, 0.3) is 11.8 Å². The summed E-state index contributed by atoms with van der Waals surface area (Å²) in [5.41, 5.74) is -0.300. The van der Waals surface area contributed by atoms with Crippen LogP contribution in [0.4, 0.5) is 30.2 Å². The number of rotatable bonds is 10. The largest absolute Gasteiger partial charge is 0.534 e. The standard InChI is InChI=1S/C21H23ClN2O2.C20H20ClF3N2O5S/c1-3-17-13-19(24-8-10-26-11-9-24)12-15(2)20(17)21(25)23-14-16-4-6-18(22)7-5-16;1-13-11-16(26-7-9-30-10-8-26)12-17(31-32(28,29)20(22,23)24)18(13)19(27)25(2)15-5-3-14(21)4-6-15/h3-7,12-13H,1,8-11,14H2,2H3,(H,23,25);3-6,11-12H,7-10H2,1-2H3. The van der Waals surface area contributed by atoms with Crippen molar-refractivity contribution in [3.63, 3.8) is 0 Å². The van der Waals surface area contributed by atoms with Crippen molar-refractivity contribution in [3.8, 4) is 5.75 Å². The number of alkyl halides is 3. The smallest absolute Gasteiger partial charge is 0.378 e. The third-order valence-electron chi connectivity index (χ3n) is 9.42. The fourth-order valence-electron chi connectivity index (χ4n) is 6.34. The quantitative estimate of drug-likeness (QED) is 0.125. The zero-order valence-corrected chi connectivity index (χ0v) is 34.4. The van der Waals surface area contributed by atoms with Gasteiger partial charge in [0.1, 0.15) is 0 Å². The lowest BCUT2D eigenvalue weighted by Crippen LogP contribution is -2.36. The number of benzene rings is 4. The van der Waals surface area contributed by atoms with Crippen LogP contribution in [0, 0.1) is 13.8 Å². The Hall–Kier alpha value is -4.80. The van der Waals surface area contributed by atoms with E-state index in [1.54, 1.807) is 41.3 Å². The summed E-state index contributed by atoms with van der Waals surface area (Å²) in [6.07, 6.45) is 1.74. The first kappa shape index (κ1) is 44.3. The normalized spacial score (nSPS) is 14.6. The van der Waals surface area contributed by atoms with Gasteiger partial charge in [0, 0.05) is 78.5 Å². The third kappa shape index (κ3) is 11.0. The summed E-state index contributed by atoms with van der Waals surface area (Å²) < 4.78 is 77.7. The van der Waals surface area contributed by atoms with E-state index in [-0.39, 0.29) is 17.0 Å². The number of halogens is 5. The Morgan fingerprint density at radius 3 is 1.81 bits per heavy atom. The Morgan fingerprint density at radius 2 is 1.31 bits per heavy atom. The molecule has 0 bridgehead atoms. The minimum atomic E-state index is -6.00. The molecule has 17 heteroatoms. The molecule has 4 aromatic rings. The molecule has 1 N–H and O–H groups in total. The molecule has 2 fully saturated rings. The van der Waals surface area contributed by atoms with E-state index in [2.05, 4.69) is 27.0 Å². The van der Waals surface area contributed by atoms with Crippen molar-refractivity contribution in [2.24, 2.45) is 0 Å². The van der Waals surface area contributed by atoms with Crippen molar-refractivity contribution in [1.82, 2.24) is 5.32 Å². The Balaban J connectivity index is 0.000000226. The van der Waals surface area contributed by atoms with E-state index in [1.807, 2.05) is 37.3 Å². The highest BCUT2D eigenvalue weighted by Gasteiger charge is 2.49. The molecule has 0 saturated carbocycles. The molecule has 2 saturated heterocycles. The molecule has 0 aliphatic carbocycles. The Bertz CT molecular complexity index is 2210. The second-order valence-electron chi connectivity index (χ2n) is 13.4. The zero-order valence-electron chi connectivity index (χ0n) is 32.1. The summed E-state index contributed by atoms with van der Waals surface area (Å²) in [7, 11) is -4.59. The number of amides is 2. The number of morpholine rings is 2. The molecule has 2 amide bonds. The highest BCUT2D eigenvalue weighted by molar-refractivity contribution is 7.88. The molecule has 310 valence electrons. The van der Waals surface area contributed by atoms with Crippen LogP contribution in [-0.4, -0.2) is 85.4 Å². The Morgan fingerprint density at radius 1 is 0.828 bits per heavy atom. The highest BCUT2D eigenvalue weighted by atomic mass is 35.5. The lowest BCUT2D eigenvalue weighted by Gasteiger charge is -2.30. The molecule has 4 aromatic carbocycles. The number of anilines is 3. The van der Waals surface area contributed by atoms with Crippen LogP contribution >= 0.6 is 23.2 Å². The molecule has 2 aliphatic heterocycles. The van der Waals surface area contributed by atoms with E-state index in [1.165, 1.54) is 18.9 Å². The van der Waals surface area contributed by atoms with Gasteiger partial charge in [0.05, 0.1) is 32.0 Å². The first-order valence-corrected chi connectivity index (χ1v) is 20.3. The minimum absolute atomic E-state index is 0.0964. The summed E-state index contributed by atoms with van der Waals surface area (Å²) in [5, 5.41) is 4.10. The summed E-state index contributed by atoms with van der Waals surface area (Å²) >= 11 is 11.8. The maximum Gasteiger partial charge on any atom is 0.534 e. The van der Waals surface area contributed by atoms with Gasteiger partial charge in [-0.3, -0.25) is 9.59 Å². The van der Waals surface area contributed by atoms with Crippen LogP contribution in [0.25, 0.3) is 6.08 Å². The lowest BCUT2D eigenvalue weighted by molar-refractivity contribution is -0.0500. The fourth-order valence-corrected chi connectivity index (χ4v) is 7.05. The third-order valence-corrected chi connectivity index (χ3v) is 10.9. The van der Waals surface area contributed by atoms with Gasteiger partial charge >= 0.3 is 15.6 Å². The molecule has 0 atom stereocenters. The fraction of sp³-hybridized carbons (Fsp3) is 0.317. The zero-order chi connectivity index (χ0) is 42.2. The highest BCUT2D eigenvalue weighted by Crippen LogP contribution is 2.36. The van der Waals surface area contributed by atoms with Crippen molar-refractivity contribution in [2.45, 2.75) is 25.9 Å². The van der Waals surface area contributed by atoms with E-state index in [9.17, 15) is 31.2 Å². The van der Waals surface area contributed by atoms with Gasteiger partial charge in [-0.2, -0.15) is 21.6 Å². The average Bonchev–Trinajstić information content (AvgIpc) is 3.20. The number of nitrogens with one attached hydrogen (secondary N) is 1. The van der Waals surface area contributed by atoms with Crippen LogP contribution in [0.5, 0.6) is 5.75 Å². The van der Waals surface area contributed by atoms with Crippen LogP contribution in [-0.2, 0) is 26.1 Å². The van der Waals surface area contributed by atoms with E-state index >= 15 is 0 Å². The molecule has 6 rings (SSSR count). The van der Waals surface area contributed by atoms with Gasteiger partial charge in [0.15, 0.2) is 5.75 Å². The van der Waals surface area contributed by atoms with Crippen molar-refractivity contribution in [3.05, 3.63) is 123 Å². The van der Waals surface area contributed by atoms with Crippen LogP contribution in [0.3, 0.4) is 0 Å². The molecule has 11 nitrogen and oxygen atoms in total. The number of aryl methyl sites for hydroxylation is 2. The molecule has 0 aromatic heterocycles. The van der Waals surface area contributed by atoms with Gasteiger partial charge in [-0.05, 0) is 90.7 Å². The van der Waals surface area contributed by atoms with Gasteiger partial charge in [-0.1, -0.05) is 48.0 Å². The summed E-state index contributed by atoms with van der Waals surface area (Å²) in [4.78, 5) is 31.2. The number of carbonyl (C=O) groups excluding carboxylic acids is 2. The van der Waals surface area contributed by atoms with E-state index < -0.39 is 27.3 Å². The van der Waals surface area contributed by atoms with Crippen LogP contribution in [0.2, 0.25) is 10.0 Å². The molecule has 2 heterocycles. The van der Waals surface area contributed by atoms with Gasteiger partial charge in [0.2, 0.25) is 0 Å². The predicted octanol–water partition coefficient (Wildman–Crippen LogP) is 8.05. The first-order valence-electron chi connectivity index (χ1n) is 18.1. The van der Waals surface area contributed by atoms with Crippen LogP contribution in [0.1, 0.15) is 43.0 Å². The van der Waals surface area contributed by atoms with Gasteiger partial charge < -0.3 is 33.7 Å². The van der Waals surface area contributed by atoms with Crippen molar-refractivity contribution in [2.75, 3.05) is 74.4 Å². The molecular weight excluding hydrogens is 820 g/mol. The number of hydrogen-bond donors (Lipinski definition) is 1. The molecule has 2 aliphatic rings. The molecule has 0 spiro atoms. The second-order valence-corrected chi connectivity index (χ2v) is 15.8. The average molecular weight is 864 g/mol. The minimum Gasteiger partial charge on any atom is -0.378 e.